The molecular weight excluding hydrogens is 356 g/mol. The molecule has 0 amide bonds. The van der Waals surface area contributed by atoms with E-state index in [1.165, 1.54) is 0 Å². The average molecular weight is 382 g/mol. The fourth-order valence-electron chi connectivity index (χ4n) is 3.05. The summed E-state index contributed by atoms with van der Waals surface area (Å²) < 4.78 is 10.6. The van der Waals surface area contributed by atoms with Crippen molar-refractivity contribution in [3.8, 4) is 11.1 Å². The molecule has 1 aliphatic rings. The Morgan fingerprint density at radius 3 is 2.54 bits per heavy atom. The topological polar surface area (TPSA) is 68.7 Å². The first-order valence-corrected chi connectivity index (χ1v) is 9.46. The average Bonchev–Trinajstić information content (AvgIpc) is 2.67. The predicted molar refractivity (Wildman–Crippen MR) is 107 cm³/mol. The fraction of sp³-hybridized carbons (Fsp3) is 0.409. The van der Waals surface area contributed by atoms with Gasteiger partial charge in [0.15, 0.2) is 5.78 Å². The smallest absolute Gasteiger partial charge is 0.314 e. The Morgan fingerprint density at radius 1 is 1.11 bits per heavy atom. The van der Waals surface area contributed by atoms with Gasteiger partial charge in [-0.05, 0) is 50.1 Å². The van der Waals surface area contributed by atoms with Crippen LogP contribution >= 0.6 is 0 Å². The van der Waals surface area contributed by atoms with E-state index in [-0.39, 0.29) is 12.2 Å². The van der Waals surface area contributed by atoms with E-state index in [1.807, 2.05) is 30.3 Å². The number of pyridine rings is 1. The van der Waals surface area contributed by atoms with Crippen LogP contribution in [0.1, 0.15) is 37.6 Å². The maximum absolute atomic E-state index is 12.5. The molecule has 1 aliphatic heterocycles. The van der Waals surface area contributed by atoms with Gasteiger partial charge in [-0.2, -0.15) is 0 Å². The van der Waals surface area contributed by atoms with Crippen molar-refractivity contribution in [2.45, 2.75) is 32.8 Å². The maximum Gasteiger partial charge on any atom is 0.314 e. The molecule has 0 N–H and O–H groups in total. The molecular formula is C22H26N2O4. The van der Waals surface area contributed by atoms with E-state index in [1.54, 1.807) is 33.0 Å². The van der Waals surface area contributed by atoms with Crippen molar-refractivity contribution in [1.82, 2.24) is 4.98 Å². The van der Waals surface area contributed by atoms with Crippen LogP contribution in [-0.2, 0) is 14.3 Å². The third kappa shape index (κ3) is 5.39. The quantitative estimate of drug-likeness (QED) is 0.448. The molecule has 6 heteroatoms. The molecule has 0 spiro atoms. The van der Waals surface area contributed by atoms with E-state index in [0.717, 1.165) is 30.0 Å². The summed E-state index contributed by atoms with van der Waals surface area (Å²) in [5.74, 6) is 0.131. The molecule has 1 aromatic carbocycles. The number of ketones is 1. The summed E-state index contributed by atoms with van der Waals surface area (Å²) in [6.45, 7) is 8.36. The summed E-state index contributed by atoms with van der Waals surface area (Å²) in [6.07, 6.45) is 1.51. The van der Waals surface area contributed by atoms with Crippen LogP contribution in [0.15, 0.2) is 42.6 Å². The van der Waals surface area contributed by atoms with E-state index in [2.05, 4.69) is 9.88 Å². The SMILES string of the molecule is CC(C)(C)OC(=O)CC(=O)c1cccc(-c2ccnc(N3CCOCC3)c2)c1. The minimum atomic E-state index is -0.605. The lowest BCUT2D eigenvalue weighted by Crippen LogP contribution is -2.36. The summed E-state index contributed by atoms with van der Waals surface area (Å²) in [5, 5.41) is 0. The van der Waals surface area contributed by atoms with Gasteiger partial charge in [0.25, 0.3) is 0 Å². The zero-order valence-corrected chi connectivity index (χ0v) is 16.6. The largest absolute Gasteiger partial charge is 0.460 e. The number of Topliss-reactive ketones (excluding diaryl/α,β-unsaturated/α-hetero) is 1. The van der Waals surface area contributed by atoms with Gasteiger partial charge >= 0.3 is 5.97 Å². The minimum Gasteiger partial charge on any atom is -0.460 e. The number of carbonyl (C=O) groups is 2. The number of nitrogens with zero attached hydrogens (tertiary/aromatic N) is 2. The molecule has 0 bridgehead atoms. The summed E-state index contributed by atoms with van der Waals surface area (Å²) in [4.78, 5) is 31.1. The van der Waals surface area contributed by atoms with Crippen LogP contribution in [0.3, 0.4) is 0 Å². The number of rotatable bonds is 5. The molecule has 1 aromatic heterocycles. The molecule has 28 heavy (non-hydrogen) atoms. The van der Waals surface area contributed by atoms with Gasteiger partial charge in [-0.1, -0.05) is 18.2 Å². The Hall–Kier alpha value is -2.73. The van der Waals surface area contributed by atoms with Gasteiger partial charge < -0.3 is 14.4 Å². The summed E-state index contributed by atoms with van der Waals surface area (Å²) in [6, 6.07) is 11.2. The molecule has 148 valence electrons. The summed E-state index contributed by atoms with van der Waals surface area (Å²) in [5.41, 5.74) is 1.77. The Morgan fingerprint density at radius 2 is 1.82 bits per heavy atom. The lowest BCUT2D eigenvalue weighted by molar-refractivity contribution is -0.153. The first-order valence-electron chi connectivity index (χ1n) is 9.46. The molecule has 1 saturated heterocycles. The molecule has 2 aromatic rings. The number of ether oxygens (including phenoxy) is 2. The molecule has 0 saturated carbocycles. The molecule has 1 fully saturated rings. The lowest BCUT2D eigenvalue weighted by atomic mass is 10.0. The normalized spacial score (nSPS) is 14.6. The van der Waals surface area contributed by atoms with Gasteiger partial charge in [0, 0.05) is 24.8 Å². The second-order valence-electron chi connectivity index (χ2n) is 7.77. The molecule has 0 radical (unpaired) electrons. The monoisotopic (exact) mass is 382 g/mol. The summed E-state index contributed by atoms with van der Waals surface area (Å²) >= 11 is 0. The zero-order chi connectivity index (χ0) is 20.1. The molecule has 6 nitrogen and oxygen atoms in total. The fourth-order valence-corrected chi connectivity index (χ4v) is 3.05. The second-order valence-corrected chi connectivity index (χ2v) is 7.77. The van der Waals surface area contributed by atoms with Gasteiger partial charge in [-0.25, -0.2) is 4.98 Å². The van der Waals surface area contributed by atoms with Crippen LogP contribution < -0.4 is 4.90 Å². The highest BCUT2D eigenvalue weighted by Gasteiger charge is 2.20. The number of morpholine rings is 1. The predicted octanol–water partition coefficient (Wildman–Crippen LogP) is 3.50. The van der Waals surface area contributed by atoms with Crippen molar-refractivity contribution in [3.05, 3.63) is 48.2 Å². The van der Waals surface area contributed by atoms with E-state index in [4.69, 9.17) is 9.47 Å². The molecule has 0 aliphatic carbocycles. The van der Waals surface area contributed by atoms with Crippen molar-refractivity contribution >= 4 is 17.6 Å². The van der Waals surface area contributed by atoms with Crippen molar-refractivity contribution in [1.29, 1.82) is 0 Å². The summed E-state index contributed by atoms with van der Waals surface area (Å²) in [7, 11) is 0. The highest BCUT2D eigenvalue weighted by Crippen LogP contribution is 2.25. The number of hydrogen-bond acceptors (Lipinski definition) is 6. The van der Waals surface area contributed by atoms with Crippen molar-refractivity contribution in [2.24, 2.45) is 0 Å². The van der Waals surface area contributed by atoms with Gasteiger partial charge in [0.1, 0.15) is 17.8 Å². The van der Waals surface area contributed by atoms with Crippen molar-refractivity contribution < 1.29 is 19.1 Å². The molecule has 0 atom stereocenters. The van der Waals surface area contributed by atoms with E-state index < -0.39 is 11.6 Å². The highest BCUT2D eigenvalue weighted by atomic mass is 16.6. The standard InChI is InChI=1S/C22H26N2O4/c1-22(2,3)28-21(26)15-19(25)18-6-4-5-16(13-18)17-7-8-23-20(14-17)24-9-11-27-12-10-24/h4-8,13-14H,9-12,15H2,1-3H3. The van der Waals surface area contributed by atoms with Crippen LogP contribution in [0.5, 0.6) is 0 Å². The number of benzene rings is 1. The third-order valence-corrected chi connectivity index (χ3v) is 4.32. The Labute approximate surface area is 165 Å². The zero-order valence-electron chi connectivity index (χ0n) is 16.6. The van der Waals surface area contributed by atoms with Crippen LogP contribution in [0.25, 0.3) is 11.1 Å². The maximum atomic E-state index is 12.5. The molecule has 0 unspecified atom stereocenters. The first kappa shape index (κ1) is 20.0. The van der Waals surface area contributed by atoms with Gasteiger partial charge in [-0.15, -0.1) is 0 Å². The number of aromatic nitrogens is 1. The van der Waals surface area contributed by atoms with E-state index in [0.29, 0.717) is 18.8 Å². The number of esters is 1. The molecule has 3 rings (SSSR count). The Kier molecular flexibility index (Phi) is 6.09. The van der Waals surface area contributed by atoms with Crippen LogP contribution in [0.4, 0.5) is 5.82 Å². The van der Waals surface area contributed by atoms with Gasteiger partial charge in [0.05, 0.1) is 13.2 Å². The number of carbonyl (C=O) groups excluding carboxylic acids is 2. The van der Waals surface area contributed by atoms with E-state index in [9.17, 15) is 9.59 Å². The lowest BCUT2D eigenvalue weighted by Gasteiger charge is -2.28. The molecule has 2 heterocycles. The second kappa shape index (κ2) is 8.52. The van der Waals surface area contributed by atoms with Crippen molar-refractivity contribution in [3.63, 3.8) is 0 Å². The Bertz CT molecular complexity index is 852. The van der Waals surface area contributed by atoms with Gasteiger partial charge in [-0.3, -0.25) is 9.59 Å². The third-order valence-electron chi connectivity index (χ3n) is 4.32. The number of hydrogen-bond donors (Lipinski definition) is 0. The van der Waals surface area contributed by atoms with Gasteiger partial charge in [0.2, 0.25) is 0 Å². The number of anilines is 1. The first-order chi connectivity index (χ1) is 13.3. The van der Waals surface area contributed by atoms with E-state index >= 15 is 0 Å². The van der Waals surface area contributed by atoms with Crippen LogP contribution in [0.2, 0.25) is 0 Å². The van der Waals surface area contributed by atoms with Crippen molar-refractivity contribution in [2.75, 3.05) is 31.2 Å². The van der Waals surface area contributed by atoms with Crippen LogP contribution in [-0.4, -0.2) is 48.6 Å². The minimum absolute atomic E-state index is 0.251. The van der Waals surface area contributed by atoms with Crippen LogP contribution in [0, 0.1) is 0 Å². The highest BCUT2D eigenvalue weighted by molar-refractivity contribution is 6.06. The Balaban J connectivity index is 1.76.